The van der Waals surface area contributed by atoms with Crippen LogP contribution in [0.15, 0.2) is 54.7 Å². The molecule has 0 amide bonds. The minimum absolute atomic E-state index is 0.287. The van der Waals surface area contributed by atoms with Crippen LogP contribution < -0.4 is 5.32 Å². The zero-order valence-electron chi connectivity index (χ0n) is 32.7. The Balaban J connectivity index is -0.000000600. The SMILES string of the molecule is C#Cc1cc(F)c(C)nc1C.C=C(CC(C)(C)C)N[C@@H](CC)C(C)c1ccc(C)cc1.CC.CC.CC.Cc1cc(C)nc(C)c1. The molecule has 0 saturated heterocycles. The van der Waals surface area contributed by atoms with Crippen LogP contribution in [0.2, 0.25) is 0 Å². The maximum absolute atomic E-state index is 12.8. The van der Waals surface area contributed by atoms with Gasteiger partial charge in [0.15, 0.2) is 0 Å². The van der Waals surface area contributed by atoms with Gasteiger partial charge in [-0.25, -0.2) is 4.39 Å². The highest BCUT2D eigenvalue weighted by Crippen LogP contribution is 2.26. The Hall–Kier alpha value is -3.45. The minimum atomic E-state index is -0.344. The first-order valence-corrected chi connectivity index (χ1v) is 17.1. The van der Waals surface area contributed by atoms with E-state index in [1.54, 1.807) is 13.8 Å². The number of nitrogens with zero attached hydrogens (tertiary/aromatic N) is 2. The smallest absolute Gasteiger partial charge is 0.145 e. The van der Waals surface area contributed by atoms with Gasteiger partial charge in [0.25, 0.3) is 0 Å². The molecule has 2 aromatic heterocycles. The van der Waals surface area contributed by atoms with Crippen LogP contribution in [-0.4, -0.2) is 16.0 Å². The number of allylic oxidation sites excluding steroid dienone is 1. The Morgan fingerprint density at radius 3 is 1.70 bits per heavy atom. The van der Waals surface area contributed by atoms with Gasteiger partial charge in [0, 0.05) is 34.6 Å². The van der Waals surface area contributed by atoms with Gasteiger partial charge in [0.2, 0.25) is 0 Å². The van der Waals surface area contributed by atoms with Gasteiger partial charge < -0.3 is 5.32 Å². The van der Waals surface area contributed by atoms with Gasteiger partial charge in [-0.05, 0) is 89.1 Å². The number of nitrogens with one attached hydrogen (secondary N) is 1. The van der Waals surface area contributed by atoms with E-state index >= 15 is 0 Å². The van der Waals surface area contributed by atoms with Crippen molar-refractivity contribution in [3.05, 3.63) is 106 Å². The first-order valence-electron chi connectivity index (χ1n) is 17.1. The van der Waals surface area contributed by atoms with Crippen molar-refractivity contribution in [2.75, 3.05) is 0 Å². The fourth-order valence-corrected chi connectivity index (χ4v) is 4.53. The Morgan fingerprint density at radius 2 is 1.30 bits per heavy atom. The number of benzene rings is 1. The molecule has 1 aromatic carbocycles. The average Bonchev–Trinajstić information content (AvgIpc) is 3.00. The van der Waals surface area contributed by atoms with Crippen molar-refractivity contribution >= 4 is 0 Å². The number of hydrogen-bond acceptors (Lipinski definition) is 3. The summed E-state index contributed by atoms with van der Waals surface area (Å²) in [6.45, 7) is 39.1. The monoisotopic (exact) mass is 634 g/mol. The topological polar surface area (TPSA) is 37.8 Å². The largest absolute Gasteiger partial charge is 0.385 e. The lowest BCUT2D eigenvalue weighted by molar-refractivity contribution is 0.379. The maximum atomic E-state index is 12.8. The Labute approximate surface area is 285 Å². The lowest BCUT2D eigenvalue weighted by atomic mass is 9.88. The zero-order valence-corrected chi connectivity index (χ0v) is 32.7. The predicted octanol–water partition coefficient (Wildman–Crippen LogP) is 12.3. The fourth-order valence-electron chi connectivity index (χ4n) is 4.53. The lowest BCUT2D eigenvalue weighted by Gasteiger charge is -2.29. The molecule has 3 aromatic rings. The normalized spacial score (nSPS) is 10.9. The van der Waals surface area contributed by atoms with Crippen molar-refractivity contribution < 1.29 is 4.39 Å². The lowest BCUT2D eigenvalue weighted by Crippen LogP contribution is -2.33. The van der Waals surface area contributed by atoms with E-state index in [1.807, 2.05) is 55.4 Å². The van der Waals surface area contributed by atoms with Crippen molar-refractivity contribution in [1.29, 1.82) is 0 Å². The summed E-state index contributed by atoms with van der Waals surface area (Å²) in [7, 11) is 0. The van der Waals surface area contributed by atoms with Crippen LogP contribution in [0.5, 0.6) is 0 Å². The quantitative estimate of drug-likeness (QED) is 0.274. The third-order valence-corrected chi connectivity index (χ3v) is 6.50. The molecular weight excluding hydrogens is 565 g/mol. The van der Waals surface area contributed by atoms with Gasteiger partial charge in [-0.15, -0.1) is 6.42 Å². The van der Waals surface area contributed by atoms with Crippen LogP contribution in [0.4, 0.5) is 4.39 Å². The molecule has 2 heterocycles. The molecule has 3 nitrogen and oxygen atoms in total. The second kappa shape index (κ2) is 25.7. The predicted molar refractivity (Wildman–Crippen MR) is 204 cm³/mol. The molecule has 0 fully saturated rings. The summed E-state index contributed by atoms with van der Waals surface area (Å²) in [4.78, 5) is 8.16. The molecule has 2 atom stereocenters. The van der Waals surface area contributed by atoms with Gasteiger partial charge in [-0.2, -0.15) is 0 Å². The zero-order chi connectivity index (χ0) is 36.6. The number of halogens is 1. The van der Waals surface area contributed by atoms with E-state index in [9.17, 15) is 4.39 Å². The number of aryl methyl sites for hydroxylation is 6. The van der Waals surface area contributed by atoms with Crippen LogP contribution >= 0.6 is 0 Å². The Kier molecular flexibility index (Phi) is 26.2. The summed E-state index contributed by atoms with van der Waals surface area (Å²) >= 11 is 0. The second-order valence-electron chi connectivity index (χ2n) is 12.0. The molecule has 0 aliphatic rings. The molecule has 1 N–H and O–H groups in total. The summed E-state index contributed by atoms with van der Waals surface area (Å²) in [5, 5.41) is 3.64. The summed E-state index contributed by atoms with van der Waals surface area (Å²) in [6, 6.07) is 14.8. The van der Waals surface area contributed by atoms with E-state index in [0.29, 0.717) is 28.9 Å². The summed E-state index contributed by atoms with van der Waals surface area (Å²) < 4.78 is 12.8. The van der Waals surface area contributed by atoms with Crippen molar-refractivity contribution in [3.8, 4) is 12.3 Å². The number of pyridine rings is 2. The molecule has 46 heavy (non-hydrogen) atoms. The van der Waals surface area contributed by atoms with Crippen LogP contribution in [0.1, 0.15) is 140 Å². The molecule has 0 aliphatic heterocycles. The number of hydrogen-bond donors (Lipinski definition) is 1. The number of rotatable bonds is 6. The highest BCUT2D eigenvalue weighted by Gasteiger charge is 2.19. The van der Waals surface area contributed by atoms with E-state index in [1.165, 1.54) is 22.8 Å². The molecule has 0 spiro atoms. The van der Waals surface area contributed by atoms with E-state index in [-0.39, 0.29) is 11.2 Å². The Bertz CT molecular complexity index is 1230. The van der Waals surface area contributed by atoms with Gasteiger partial charge >= 0.3 is 0 Å². The van der Waals surface area contributed by atoms with Gasteiger partial charge in [0.05, 0.1) is 11.4 Å². The van der Waals surface area contributed by atoms with E-state index in [2.05, 4.69) is 113 Å². The number of aromatic nitrogens is 2. The average molecular weight is 634 g/mol. The third-order valence-electron chi connectivity index (χ3n) is 6.50. The van der Waals surface area contributed by atoms with Crippen LogP contribution in [-0.2, 0) is 0 Å². The van der Waals surface area contributed by atoms with E-state index in [0.717, 1.165) is 29.9 Å². The molecule has 0 radical (unpaired) electrons. The Morgan fingerprint density at radius 1 is 0.826 bits per heavy atom. The van der Waals surface area contributed by atoms with E-state index in [4.69, 9.17) is 6.42 Å². The van der Waals surface area contributed by atoms with Crippen molar-refractivity contribution in [3.63, 3.8) is 0 Å². The molecular formula is C42H68FN3. The van der Waals surface area contributed by atoms with Crippen molar-refractivity contribution in [2.45, 2.75) is 143 Å². The summed E-state index contributed by atoms with van der Waals surface area (Å²) in [6.07, 6.45) is 7.24. The van der Waals surface area contributed by atoms with Crippen molar-refractivity contribution in [1.82, 2.24) is 15.3 Å². The highest BCUT2D eigenvalue weighted by molar-refractivity contribution is 5.36. The first kappa shape index (κ1) is 47.0. The summed E-state index contributed by atoms with van der Waals surface area (Å²) in [5.41, 5.74) is 9.28. The van der Waals surface area contributed by atoms with Gasteiger partial charge in [-0.3, -0.25) is 9.97 Å². The van der Waals surface area contributed by atoms with Gasteiger partial charge in [0.1, 0.15) is 5.82 Å². The van der Waals surface area contributed by atoms with Gasteiger partial charge in [-0.1, -0.05) is 118 Å². The van der Waals surface area contributed by atoms with E-state index < -0.39 is 0 Å². The number of terminal acetylenes is 1. The third kappa shape index (κ3) is 20.6. The van der Waals surface area contributed by atoms with Crippen molar-refractivity contribution in [2.24, 2.45) is 5.41 Å². The highest BCUT2D eigenvalue weighted by atomic mass is 19.1. The molecule has 4 heteroatoms. The standard InChI is InChI=1S/C19H31N.C9H8FN.C8H11N.3C2H6/c1-8-18(20-15(3)13-19(5,6)7)16(4)17-11-9-14(2)10-12-17;1-4-8-5-9(10)7(3)11-6(8)2;1-6-4-7(2)9-8(3)5-6;3*1-2/h9-12,16,18,20H,3,8,13H2,1-2,4-7H3;1,5H,2-3H3;4-5H,1-3H3;3*1-2H3/t16?,18-;;;;;/m0...../s1. The second-order valence-corrected chi connectivity index (χ2v) is 12.0. The van der Waals surface area contributed by atoms with Crippen LogP contribution in [0.3, 0.4) is 0 Å². The first-order chi connectivity index (χ1) is 21.6. The molecule has 0 aliphatic carbocycles. The molecule has 3 rings (SSSR count). The van der Waals surface area contributed by atoms with Crippen LogP contribution in [0.25, 0.3) is 0 Å². The maximum Gasteiger partial charge on any atom is 0.145 e. The minimum Gasteiger partial charge on any atom is -0.385 e. The summed E-state index contributed by atoms with van der Waals surface area (Å²) in [5.74, 6) is 2.51. The van der Waals surface area contributed by atoms with Crippen LogP contribution in [0, 0.1) is 65.1 Å². The molecule has 0 bridgehead atoms. The fraction of sp³-hybridized carbons (Fsp3) is 0.524. The molecule has 258 valence electrons. The molecule has 0 saturated carbocycles. The molecule has 1 unspecified atom stereocenters.